The van der Waals surface area contributed by atoms with Gasteiger partial charge >= 0.3 is 0 Å². The van der Waals surface area contributed by atoms with E-state index in [2.05, 4.69) is 20.8 Å². The molecular formula is C22H20BrNO2. The molecule has 0 atom stereocenters. The van der Waals surface area contributed by atoms with Gasteiger partial charge in [0, 0.05) is 27.7 Å². The highest BCUT2D eigenvalue weighted by Crippen LogP contribution is 2.31. The molecule has 0 amide bonds. The van der Waals surface area contributed by atoms with Crippen molar-refractivity contribution < 1.29 is 9.59 Å². The van der Waals surface area contributed by atoms with Crippen molar-refractivity contribution in [2.45, 2.75) is 12.8 Å². The molecule has 3 heterocycles. The van der Waals surface area contributed by atoms with E-state index >= 15 is 0 Å². The summed E-state index contributed by atoms with van der Waals surface area (Å²) in [5.74, 6) is 0.575. The Labute approximate surface area is 161 Å². The number of hydrogen-bond donors (Lipinski definition) is 0. The first kappa shape index (κ1) is 17.4. The Morgan fingerprint density at radius 3 is 1.96 bits per heavy atom. The molecule has 0 unspecified atom stereocenters. The first-order chi connectivity index (χ1) is 12.6. The maximum atomic E-state index is 12.6. The maximum absolute atomic E-state index is 12.6. The molecule has 3 aliphatic heterocycles. The van der Waals surface area contributed by atoms with E-state index in [9.17, 15) is 9.59 Å². The van der Waals surface area contributed by atoms with E-state index in [1.54, 1.807) is 36.4 Å². The third-order valence-electron chi connectivity index (χ3n) is 5.37. The Hall–Kier alpha value is -2.04. The van der Waals surface area contributed by atoms with Crippen LogP contribution in [0.4, 0.5) is 0 Å². The standard InChI is InChI=1S/C22H20BrNO2/c23-20-7-5-18(6-8-20)22(26)17-3-1-16(2-4-17)21(25)13-19-14-24-11-9-15(19)10-12-24/h1-8,13,15H,9-12,14H2/b19-13-. The summed E-state index contributed by atoms with van der Waals surface area (Å²) in [6.45, 7) is 3.24. The summed E-state index contributed by atoms with van der Waals surface area (Å²) in [6, 6.07) is 14.3. The lowest BCUT2D eigenvalue weighted by molar-refractivity contribution is 0.102. The number of nitrogens with zero attached hydrogens (tertiary/aromatic N) is 1. The highest BCUT2D eigenvalue weighted by molar-refractivity contribution is 9.10. The number of carbonyl (C=O) groups is 2. The van der Waals surface area contributed by atoms with Crippen LogP contribution in [0.25, 0.3) is 0 Å². The van der Waals surface area contributed by atoms with Crippen LogP contribution < -0.4 is 0 Å². The number of hydrogen-bond acceptors (Lipinski definition) is 3. The molecular weight excluding hydrogens is 390 g/mol. The fourth-order valence-corrected chi connectivity index (χ4v) is 4.08. The van der Waals surface area contributed by atoms with Gasteiger partial charge in [-0.3, -0.25) is 14.5 Å². The van der Waals surface area contributed by atoms with Crippen LogP contribution >= 0.6 is 15.9 Å². The topological polar surface area (TPSA) is 37.4 Å². The minimum Gasteiger partial charge on any atom is -0.299 e. The number of ketones is 2. The van der Waals surface area contributed by atoms with Gasteiger partial charge in [-0.2, -0.15) is 0 Å². The molecule has 3 saturated heterocycles. The van der Waals surface area contributed by atoms with Crippen LogP contribution in [0.5, 0.6) is 0 Å². The minimum absolute atomic E-state index is 0.0350. The highest BCUT2D eigenvalue weighted by atomic mass is 79.9. The second-order valence-corrected chi connectivity index (χ2v) is 7.96. The Kier molecular flexibility index (Phi) is 4.88. The Morgan fingerprint density at radius 2 is 1.42 bits per heavy atom. The molecule has 4 heteroatoms. The second kappa shape index (κ2) is 7.29. The molecule has 3 aliphatic rings. The van der Waals surface area contributed by atoms with E-state index in [-0.39, 0.29) is 11.6 Å². The lowest BCUT2D eigenvalue weighted by Crippen LogP contribution is -2.43. The Bertz CT molecular complexity index is 860. The van der Waals surface area contributed by atoms with Crippen molar-refractivity contribution in [3.63, 3.8) is 0 Å². The Morgan fingerprint density at radius 1 is 0.885 bits per heavy atom. The Balaban J connectivity index is 1.49. The summed E-state index contributed by atoms with van der Waals surface area (Å²) < 4.78 is 0.941. The van der Waals surface area contributed by atoms with Gasteiger partial charge in [0.15, 0.2) is 11.6 Å². The van der Waals surface area contributed by atoms with E-state index in [0.717, 1.165) is 24.1 Å². The number of allylic oxidation sites excluding steroid dienone is 1. The molecule has 5 rings (SSSR count). The summed E-state index contributed by atoms with van der Waals surface area (Å²) in [5.41, 5.74) is 3.14. The van der Waals surface area contributed by atoms with E-state index in [1.807, 2.05) is 18.2 Å². The van der Waals surface area contributed by atoms with E-state index in [0.29, 0.717) is 22.6 Å². The summed E-state index contributed by atoms with van der Waals surface area (Å²) in [5, 5.41) is 0. The normalized spacial score (nSPS) is 23.2. The van der Waals surface area contributed by atoms with Gasteiger partial charge in [0.05, 0.1) is 0 Å². The number of fused-ring (bicyclic) bond motifs is 3. The van der Waals surface area contributed by atoms with Crippen molar-refractivity contribution in [2.24, 2.45) is 5.92 Å². The fourth-order valence-electron chi connectivity index (χ4n) is 3.82. The predicted molar refractivity (Wildman–Crippen MR) is 106 cm³/mol. The van der Waals surface area contributed by atoms with Crippen molar-refractivity contribution in [1.29, 1.82) is 0 Å². The van der Waals surface area contributed by atoms with Gasteiger partial charge in [0.2, 0.25) is 0 Å². The molecule has 2 aromatic carbocycles. The molecule has 0 saturated carbocycles. The third-order valence-corrected chi connectivity index (χ3v) is 5.90. The molecule has 0 N–H and O–H groups in total. The monoisotopic (exact) mass is 409 g/mol. The zero-order chi connectivity index (χ0) is 18.1. The maximum Gasteiger partial charge on any atom is 0.193 e. The third kappa shape index (κ3) is 3.57. The van der Waals surface area contributed by atoms with Crippen molar-refractivity contribution in [2.75, 3.05) is 19.6 Å². The van der Waals surface area contributed by atoms with Gasteiger partial charge in [-0.05, 0) is 67.8 Å². The number of benzene rings is 2. The average molecular weight is 410 g/mol. The van der Waals surface area contributed by atoms with Gasteiger partial charge in [-0.25, -0.2) is 0 Å². The zero-order valence-electron chi connectivity index (χ0n) is 14.5. The molecule has 2 aromatic rings. The molecule has 26 heavy (non-hydrogen) atoms. The van der Waals surface area contributed by atoms with E-state index in [4.69, 9.17) is 0 Å². The van der Waals surface area contributed by atoms with Crippen molar-refractivity contribution in [3.8, 4) is 0 Å². The molecule has 2 bridgehead atoms. The number of rotatable bonds is 4. The van der Waals surface area contributed by atoms with Crippen LogP contribution in [0.15, 0.2) is 64.7 Å². The second-order valence-electron chi connectivity index (χ2n) is 7.05. The molecule has 3 nitrogen and oxygen atoms in total. The summed E-state index contributed by atoms with van der Waals surface area (Å²) >= 11 is 3.37. The molecule has 0 radical (unpaired) electrons. The van der Waals surface area contributed by atoms with Gasteiger partial charge in [-0.15, -0.1) is 0 Å². The van der Waals surface area contributed by atoms with Crippen molar-refractivity contribution in [1.82, 2.24) is 4.90 Å². The quantitative estimate of drug-likeness (QED) is 0.550. The average Bonchev–Trinajstić information content (AvgIpc) is 2.69. The van der Waals surface area contributed by atoms with Crippen molar-refractivity contribution >= 4 is 27.5 Å². The minimum atomic E-state index is -0.0350. The molecule has 0 aromatic heterocycles. The summed E-state index contributed by atoms with van der Waals surface area (Å²) in [4.78, 5) is 27.5. The number of piperidine rings is 3. The number of carbonyl (C=O) groups excluding carboxylic acids is 2. The summed E-state index contributed by atoms with van der Waals surface area (Å²) in [7, 11) is 0. The van der Waals surface area contributed by atoms with Gasteiger partial charge < -0.3 is 0 Å². The molecule has 0 spiro atoms. The predicted octanol–water partition coefficient (Wildman–Crippen LogP) is 4.51. The van der Waals surface area contributed by atoms with E-state index in [1.165, 1.54) is 18.4 Å². The number of halogens is 1. The van der Waals surface area contributed by atoms with Gasteiger partial charge in [0.25, 0.3) is 0 Å². The highest BCUT2D eigenvalue weighted by Gasteiger charge is 2.29. The smallest absolute Gasteiger partial charge is 0.193 e. The fraction of sp³-hybridized carbons (Fsp3) is 0.273. The van der Waals surface area contributed by atoms with Crippen LogP contribution in [-0.2, 0) is 0 Å². The SMILES string of the molecule is O=C(/C=C1/CN2CCC1CC2)c1ccc(C(=O)c2ccc(Br)cc2)cc1. The van der Waals surface area contributed by atoms with Gasteiger partial charge in [0.1, 0.15) is 0 Å². The molecule has 3 fully saturated rings. The van der Waals surface area contributed by atoms with E-state index < -0.39 is 0 Å². The lowest BCUT2D eigenvalue weighted by atomic mass is 9.83. The van der Waals surface area contributed by atoms with Crippen LogP contribution in [0.2, 0.25) is 0 Å². The van der Waals surface area contributed by atoms with Crippen LogP contribution in [0.3, 0.4) is 0 Å². The largest absolute Gasteiger partial charge is 0.299 e. The lowest BCUT2D eigenvalue weighted by Gasteiger charge is -2.40. The molecule has 132 valence electrons. The van der Waals surface area contributed by atoms with Crippen LogP contribution in [-0.4, -0.2) is 36.1 Å². The summed E-state index contributed by atoms with van der Waals surface area (Å²) in [6.07, 6.45) is 4.15. The van der Waals surface area contributed by atoms with Crippen LogP contribution in [0.1, 0.15) is 39.1 Å². The zero-order valence-corrected chi connectivity index (χ0v) is 16.0. The van der Waals surface area contributed by atoms with Gasteiger partial charge in [-0.1, -0.05) is 40.2 Å². The van der Waals surface area contributed by atoms with Crippen LogP contribution in [0, 0.1) is 5.92 Å². The first-order valence-corrected chi connectivity index (χ1v) is 9.77. The first-order valence-electron chi connectivity index (χ1n) is 8.97. The molecule has 0 aliphatic carbocycles. The van der Waals surface area contributed by atoms with Crippen molar-refractivity contribution in [3.05, 3.63) is 81.3 Å².